The number of nitrogens with zero attached hydrogens (tertiary/aromatic N) is 1. The molecule has 0 saturated heterocycles. The van der Waals surface area contributed by atoms with Gasteiger partial charge in [-0.05, 0) is 26.0 Å². The lowest BCUT2D eigenvalue weighted by Crippen LogP contribution is -2.08. The molecule has 0 aliphatic heterocycles. The van der Waals surface area contributed by atoms with E-state index in [9.17, 15) is 13.2 Å². The lowest BCUT2D eigenvalue weighted by molar-refractivity contribution is -0.0521. The Morgan fingerprint density at radius 2 is 2.10 bits per heavy atom. The Morgan fingerprint density at radius 1 is 1.35 bits per heavy atom. The Labute approximate surface area is 118 Å². The fourth-order valence-electron chi connectivity index (χ4n) is 1.69. The van der Waals surface area contributed by atoms with Gasteiger partial charge in [-0.2, -0.15) is 8.78 Å². The number of halogens is 3. The van der Waals surface area contributed by atoms with Crippen molar-refractivity contribution < 1.29 is 17.9 Å². The van der Waals surface area contributed by atoms with Gasteiger partial charge in [0.05, 0.1) is 16.7 Å². The van der Waals surface area contributed by atoms with E-state index in [4.69, 9.17) is 0 Å². The summed E-state index contributed by atoms with van der Waals surface area (Å²) >= 11 is 1.53. The van der Waals surface area contributed by atoms with Crippen molar-refractivity contribution in [1.29, 1.82) is 0 Å². The minimum Gasteiger partial charge on any atom is -0.432 e. The average molecular weight is 302 g/mol. The highest BCUT2D eigenvalue weighted by atomic mass is 32.1. The van der Waals surface area contributed by atoms with Crippen molar-refractivity contribution in [1.82, 2.24) is 4.98 Å². The first-order valence-electron chi connectivity index (χ1n) is 5.88. The van der Waals surface area contributed by atoms with Crippen molar-refractivity contribution in [2.45, 2.75) is 26.5 Å². The summed E-state index contributed by atoms with van der Waals surface area (Å²) < 4.78 is 41.6. The van der Waals surface area contributed by atoms with Crippen LogP contribution >= 0.6 is 11.3 Å². The second-order valence-corrected chi connectivity index (χ2v) is 5.24. The van der Waals surface area contributed by atoms with E-state index in [1.54, 1.807) is 0 Å². The number of thiazole rings is 1. The first-order chi connectivity index (χ1) is 9.45. The molecule has 108 valence electrons. The van der Waals surface area contributed by atoms with Gasteiger partial charge >= 0.3 is 6.61 Å². The summed E-state index contributed by atoms with van der Waals surface area (Å²) in [6, 6.07) is 3.66. The van der Waals surface area contributed by atoms with E-state index in [1.807, 2.05) is 19.2 Å². The number of hydrogen-bond donors (Lipinski definition) is 1. The topological polar surface area (TPSA) is 34.2 Å². The Hall–Kier alpha value is -1.76. The molecule has 2 aromatic rings. The predicted molar refractivity (Wildman–Crippen MR) is 71.9 cm³/mol. The van der Waals surface area contributed by atoms with Crippen molar-refractivity contribution in [3.63, 3.8) is 0 Å². The van der Waals surface area contributed by atoms with Crippen LogP contribution in [0, 0.1) is 12.7 Å². The van der Waals surface area contributed by atoms with Crippen LogP contribution in [-0.4, -0.2) is 11.6 Å². The van der Waals surface area contributed by atoms with Crippen molar-refractivity contribution in [3.8, 4) is 5.75 Å². The van der Waals surface area contributed by atoms with Gasteiger partial charge < -0.3 is 10.1 Å². The summed E-state index contributed by atoms with van der Waals surface area (Å²) in [5, 5.41) is 5.91. The van der Waals surface area contributed by atoms with Crippen molar-refractivity contribution in [2.75, 3.05) is 5.32 Å². The maximum Gasteiger partial charge on any atom is 0.387 e. The van der Waals surface area contributed by atoms with E-state index in [1.165, 1.54) is 23.5 Å². The van der Waals surface area contributed by atoms with Crippen LogP contribution in [0.2, 0.25) is 0 Å². The van der Waals surface area contributed by atoms with E-state index >= 15 is 0 Å². The fourth-order valence-corrected chi connectivity index (χ4v) is 2.39. The van der Waals surface area contributed by atoms with Crippen LogP contribution in [0.25, 0.3) is 0 Å². The monoisotopic (exact) mass is 302 g/mol. The highest BCUT2D eigenvalue weighted by Crippen LogP contribution is 2.26. The minimum atomic E-state index is -3.04. The van der Waals surface area contributed by atoms with Crippen LogP contribution in [0.3, 0.4) is 0 Å². The number of aromatic nitrogens is 1. The number of hydrogen-bond acceptors (Lipinski definition) is 4. The molecule has 1 atom stereocenters. The van der Waals surface area contributed by atoms with Gasteiger partial charge in [0.25, 0.3) is 0 Å². The fraction of sp³-hybridized carbons (Fsp3) is 0.308. The number of aryl methyl sites for hydroxylation is 1. The molecule has 1 aromatic carbocycles. The lowest BCUT2D eigenvalue weighted by Gasteiger charge is -2.14. The van der Waals surface area contributed by atoms with Crippen LogP contribution in [0.15, 0.2) is 23.6 Å². The van der Waals surface area contributed by atoms with Crippen LogP contribution in [0.5, 0.6) is 5.75 Å². The molecule has 0 spiro atoms. The quantitative estimate of drug-likeness (QED) is 0.890. The first-order valence-corrected chi connectivity index (χ1v) is 6.76. The van der Waals surface area contributed by atoms with Gasteiger partial charge in [-0.25, -0.2) is 9.37 Å². The number of nitrogens with one attached hydrogen (secondary N) is 1. The van der Waals surface area contributed by atoms with Gasteiger partial charge in [0.15, 0.2) is 11.6 Å². The zero-order valence-corrected chi connectivity index (χ0v) is 11.7. The number of ether oxygens (including phenoxy) is 1. The largest absolute Gasteiger partial charge is 0.432 e. The molecule has 0 saturated carbocycles. The Kier molecular flexibility index (Phi) is 4.49. The third-order valence-electron chi connectivity index (χ3n) is 2.61. The second kappa shape index (κ2) is 6.13. The first kappa shape index (κ1) is 14.6. The highest BCUT2D eigenvalue weighted by Gasteiger charge is 2.13. The SMILES string of the molecule is Cc1nc(C(C)Nc2ccc(OC(F)F)c(F)c2)cs1. The van der Waals surface area contributed by atoms with E-state index in [0.29, 0.717) is 5.69 Å². The summed E-state index contributed by atoms with van der Waals surface area (Å²) in [6.07, 6.45) is 0. The maximum atomic E-state index is 13.6. The van der Waals surface area contributed by atoms with E-state index in [-0.39, 0.29) is 6.04 Å². The molecule has 20 heavy (non-hydrogen) atoms. The summed E-state index contributed by atoms with van der Waals surface area (Å²) in [6.45, 7) is 0.743. The molecule has 0 aliphatic carbocycles. The number of rotatable bonds is 5. The number of benzene rings is 1. The van der Waals surface area contributed by atoms with Gasteiger partial charge in [0.1, 0.15) is 0 Å². The van der Waals surface area contributed by atoms with E-state index < -0.39 is 18.2 Å². The molecule has 0 fully saturated rings. The van der Waals surface area contributed by atoms with Crippen LogP contribution in [0.1, 0.15) is 23.7 Å². The summed E-state index contributed by atoms with van der Waals surface area (Å²) in [5.74, 6) is -1.31. The van der Waals surface area contributed by atoms with Crippen molar-refractivity contribution >= 4 is 17.0 Å². The molecule has 3 nitrogen and oxygen atoms in total. The van der Waals surface area contributed by atoms with Crippen LogP contribution in [0.4, 0.5) is 18.9 Å². The van der Waals surface area contributed by atoms with Gasteiger partial charge in [-0.3, -0.25) is 0 Å². The molecular weight excluding hydrogens is 289 g/mol. The molecule has 0 amide bonds. The third kappa shape index (κ3) is 3.63. The average Bonchev–Trinajstić information content (AvgIpc) is 2.79. The van der Waals surface area contributed by atoms with Crippen molar-refractivity contribution in [2.24, 2.45) is 0 Å². The molecule has 0 bridgehead atoms. The maximum absolute atomic E-state index is 13.6. The molecule has 7 heteroatoms. The zero-order valence-electron chi connectivity index (χ0n) is 10.9. The summed E-state index contributed by atoms with van der Waals surface area (Å²) in [4.78, 5) is 4.32. The van der Waals surface area contributed by atoms with E-state index in [2.05, 4.69) is 15.0 Å². The third-order valence-corrected chi connectivity index (χ3v) is 3.40. The van der Waals surface area contributed by atoms with Gasteiger partial charge in [-0.15, -0.1) is 11.3 Å². The zero-order chi connectivity index (χ0) is 14.7. The molecule has 1 heterocycles. The number of anilines is 1. The minimum absolute atomic E-state index is 0.110. The Morgan fingerprint density at radius 3 is 2.65 bits per heavy atom. The predicted octanol–water partition coefficient (Wildman–Crippen LogP) is 4.37. The standard InChI is InChI=1S/C13H13F3N2OS/c1-7(11-6-20-8(2)18-11)17-9-3-4-12(10(14)5-9)19-13(15)16/h3-7,13,17H,1-2H3. The van der Waals surface area contributed by atoms with Gasteiger partial charge in [-0.1, -0.05) is 0 Å². The van der Waals surface area contributed by atoms with Crippen LogP contribution < -0.4 is 10.1 Å². The molecule has 1 unspecified atom stereocenters. The Bertz CT molecular complexity index is 589. The van der Waals surface area contributed by atoms with E-state index in [0.717, 1.165) is 16.8 Å². The summed E-state index contributed by atoms with van der Waals surface area (Å²) in [7, 11) is 0. The molecule has 2 rings (SSSR count). The van der Waals surface area contributed by atoms with Gasteiger partial charge in [0.2, 0.25) is 0 Å². The lowest BCUT2D eigenvalue weighted by atomic mass is 10.2. The molecule has 1 aromatic heterocycles. The molecular formula is C13H13F3N2OS. The van der Waals surface area contributed by atoms with Crippen molar-refractivity contribution in [3.05, 3.63) is 40.1 Å². The molecule has 1 N–H and O–H groups in total. The van der Waals surface area contributed by atoms with Gasteiger partial charge in [0, 0.05) is 17.1 Å². The number of alkyl halides is 2. The summed E-state index contributed by atoms with van der Waals surface area (Å²) in [5.41, 5.74) is 1.32. The normalized spacial score (nSPS) is 12.5. The van der Waals surface area contributed by atoms with Crippen LogP contribution in [-0.2, 0) is 0 Å². The molecule has 0 radical (unpaired) electrons. The Balaban J connectivity index is 2.08. The highest BCUT2D eigenvalue weighted by molar-refractivity contribution is 7.09. The molecule has 0 aliphatic rings. The second-order valence-electron chi connectivity index (χ2n) is 4.18. The smallest absolute Gasteiger partial charge is 0.387 e.